The number of fused-ring (bicyclic) bond motifs is 1. The van der Waals surface area contributed by atoms with E-state index in [1.54, 1.807) is 0 Å². The maximum absolute atomic E-state index is 12.8. The summed E-state index contributed by atoms with van der Waals surface area (Å²) in [6.45, 7) is -0.0319. The molecule has 2 aliphatic heterocycles. The fourth-order valence-electron chi connectivity index (χ4n) is 3.17. The molecule has 144 valence electrons. The summed E-state index contributed by atoms with van der Waals surface area (Å²) in [5, 5.41) is 4.85. The van der Waals surface area contributed by atoms with Gasteiger partial charge in [0.2, 0.25) is 11.8 Å². The molecule has 1 aromatic carbocycles. The van der Waals surface area contributed by atoms with Crippen molar-refractivity contribution in [3.8, 4) is 0 Å². The van der Waals surface area contributed by atoms with Crippen LogP contribution in [0.15, 0.2) is 18.2 Å². The number of amides is 4. The fraction of sp³-hybridized carbons (Fsp3) is 0.412. The summed E-state index contributed by atoms with van der Waals surface area (Å²) in [5.74, 6) is -2.56. The van der Waals surface area contributed by atoms with Crippen molar-refractivity contribution in [1.82, 2.24) is 10.2 Å². The lowest BCUT2D eigenvalue weighted by Crippen LogP contribution is -2.54. The Morgan fingerprint density at radius 2 is 1.89 bits per heavy atom. The monoisotopic (exact) mass is 383 g/mol. The Bertz CT molecular complexity index is 822. The minimum absolute atomic E-state index is 0.00631. The van der Waals surface area contributed by atoms with E-state index in [2.05, 4.69) is 10.6 Å². The second-order valence-corrected chi connectivity index (χ2v) is 6.32. The molecule has 3 rings (SSSR count). The van der Waals surface area contributed by atoms with Gasteiger partial charge < -0.3 is 5.32 Å². The summed E-state index contributed by atoms with van der Waals surface area (Å²) in [7, 11) is 0. The predicted octanol–water partition coefficient (Wildman–Crippen LogP) is 1.84. The average Bonchev–Trinajstić information content (AvgIpc) is 2.83. The Balaban J connectivity index is 1.78. The molecule has 0 aromatic heterocycles. The minimum atomic E-state index is -4.27. The molecule has 0 bridgehead atoms. The summed E-state index contributed by atoms with van der Waals surface area (Å²) in [6, 6.07) is 3.33. The van der Waals surface area contributed by atoms with E-state index >= 15 is 0 Å². The van der Waals surface area contributed by atoms with Crippen molar-refractivity contribution in [1.29, 1.82) is 0 Å². The summed E-state index contributed by atoms with van der Waals surface area (Å²) >= 11 is 0. The van der Waals surface area contributed by atoms with E-state index in [-0.39, 0.29) is 42.6 Å². The quantitative estimate of drug-likeness (QED) is 0.598. The van der Waals surface area contributed by atoms with E-state index in [1.165, 1.54) is 18.2 Å². The summed E-state index contributed by atoms with van der Waals surface area (Å²) in [4.78, 5) is 49.5. The average molecular weight is 383 g/mol. The molecule has 0 aliphatic carbocycles. The molecule has 0 saturated carbocycles. The predicted molar refractivity (Wildman–Crippen MR) is 86.9 cm³/mol. The zero-order valence-corrected chi connectivity index (χ0v) is 14.1. The molecule has 2 heterocycles. The number of piperidine rings is 1. The number of alkyl halides is 3. The van der Waals surface area contributed by atoms with Crippen LogP contribution < -0.4 is 10.6 Å². The highest BCUT2D eigenvalue weighted by atomic mass is 19.4. The van der Waals surface area contributed by atoms with Gasteiger partial charge in [-0.15, -0.1) is 0 Å². The van der Waals surface area contributed by atoms with Gasteiger partial charge in [-0.25, -0.2) is 0 Å². The van der Waals surface area contributed by atoms with Crippen LogP contribution in [0.25, 0.3) is 0 Å². The van der Waals surface area contributed by atoms with Gasteiger partial charge in [-0.1, -0.05) is 6.07 Å². The molecule has 1 fully saturated rings. The van der Waals surface area contributed by atoms with Crippen molar-refractivity contribution in [2.75, 3.05) is 11.9 Å². The van der Waals surface area contributed by atoms with E-state index in [0.29, 0.717) is 0 Å². The van der Waals surface area contributed by atoms with E-state index in [4.69, 9.17) is 0 Å². The Morgan fingerprint density at radius 3 is 2.56 bits per heavy atom. The molecule has 1 atom stereocenters. The van der Waals surface area contributed by atoms with Gasteiger partial charge in [-0.05, 0) is 25.0 Å². The molecule has 2 aliphatic rings. The number of hydrogen-bond acceptors (Lipinski definition) is 5. The van der Waals surface area contributed by atoms with Crippen LogP contribution >= 0.6 is 0 Å². The standard InChI is InChI=1S/C17H16F3N3O4/c18-17(19,20)7-2-8-21-10-4-1-3-9-13(10)16(27)23(15(9)26)11-5-6-12(24)22-14(11)25/h1,3-4,11,21H,2,5-8H2,(H,22,24,25). The highest BCUT2D eigenvalue weighted by Gasteiger charge is 2.45. The topological polar surface area (TPSA) is 95.6 Å². The number of carbonyl (C=O) groups is 4. The third-order valence-electron chi connectivity index (χ3n) is 4.42. The van der Waals surface area contributed by atoms with E-state index in [0.717, 1.165) is 4.90 Å². The van der Waals surface area contributed by atoms with Gasteiger partial charge in [-0.3, -0.25) is 29.4 Å². The third-order valence-corrected chi connectivity index (χ3v) is 4.42. The molecule has 1 aromatic rings. The number of nitrogens with one attached hydrogen (secondary N) is 2. The second kappa shape index (κ2) is 7.01. The van der Waals surface area contributed by atoms with Gasteiger partial charge >= 0.3 is 6.18 Å². The molecule has 7 nitrogen and oxygen atoms in total. The normalized spacial score (nSPS) is 20.0. The minimum Gasteiger partial charge on any atom is -0.384 e. The van der Waals surface area contributed by atoms with Crippen LogP contribution in [-0.2, 0) is 9.59 Å². The van der Waals surface area contributed by atoms with Gasteiger partial charge in [0, 0.05) is 25.1 Å². The largest absolute Gasteiger partial charge is 0.389 e. The molecule has 27 heavy (non-hydrogen) atoms. The molecule has 4 amide bonds. The van der Waals surface area contributed by atoms with Crippen molar-refractivity contribution < 1.29 is 32.3 Å². The summed E-state index contributed by atoms with van der Waals surface area (Å²) < 4.78 is 36.7. The van der Waals surface area contributed by atoms with Crippen molar-refractivity contribution in [3.63, 3.8) is 0 Å². The number of imide groups is 2. The second-order valence-electron chi connectivity index (χ2n) is 6.32. The van der Waals surface area contributed by atoms with Crippen LogP contribution in [0.4, 0.5) is 18.9 Å². The van der Waals surface area contributed by atoms with Crippen molar-refractivity contribution in [2.45, 2.75) is 37.9 Å². The van der Waals surface area contributed by atoms with Crippen LogP contribution in [0.1, 0.15) is 46.4 Å². The molecular formula is C17H16F3N3O4. The third kappa shape index (κ3) is 3.79. The van der Waals surface area contributed by atoms with Crippen LogP contribution in [0.2, 0.25) is 0 Å². The Kier molecular flexibility index (Phi) is 4.90. The lowest BCUT2D eigenvalue weighted by Gasteiger charge is -2.27. The maximum atomic E-state index is 12.8. The molecule has 0 spiro atoms. The van der Waals surface area contributed by atoms with Gasteiger partial charge in [0.05, 0.1) is 11.1 Å². The van der Waals surface area contributed by atoms with Crippen molar-refractivity contribution in [2.24, 2.45) is 0 Å². The number of hydrogen-bond donors (Lipinski definition) is 2. The first-order valence-electron chi connectivity index (χ1n) is 8.34. The zero-order valence-electron chi connectivity index (χ0n) is 14.1. The van der Waals surface area contributed by atoms with Crippen LogP contribution in [-0.4, -0.2) is 47.3 Å². The number of rotatable bonds is 5. The molecule has 1 unspecified atom stereocenters. The Hall–Kier alpha value is -2.91. The summed E-state index contributed by atoms with van der Waals surface area (Å²) in [5.41, 5.74) is 0.340. The summed E-state index contributed by atoms with van der Waals surface area (Å²) in [6.07, 6.45) is -5.39. The number of carbonyl (C=O) groups excluding carboxylic acids is 4. The first-order chi connectivity index (χ1) is 12.7. The first-order valence-corrected chi connectivity index (χ1v) is 8.34. The SMILES string of the molecule is O=C1CCC(N2C(=O)c3cccc(NCCCC(F)(F)F)c3C2=O)C(=O)N1. The van der Waals surface area contributed by atoms with Gasteiger partial charge in [0.15, 0.2) is 0 Å². The highest BCUT2D eigenvalue weighted by molar-refractivity contribution is 6.25. The van der Waals surface area contributed by atoms with Gasteiger partial charge in [0.1, 0.15) is 6.04 Å². The maximum Gasteiger partial charge on any atom is 0.389 e. The molecule has 1 saturated heterocycles. The van der Waals surface area contributed by atoms with E-state index < -0.39 is 42.3 Å². The number of nitrogens with zero attached hydrogens (tertiary/aromatic N) is 1. The fourth-order valence-corrected chi connectivity index (χ4v) is 3.17. The molecule has 0 radical (unpaired) electrons. The number of benzene rings is 1. The smallest absolute Gasteiger partial charge is 0.384 e. The zero-order chi connectivity index (χ0) is 19.8. The van der Waals surface area contributed by atoms with Crippen LogP contribution in [0.5, 0.6) is 0 Å². The molecular weight excluding hydrogens is 367 g/mol. The van der Waals surface area contributed by atoms with Crippen molar-refractivity contribution in [3.05, 3.63) is 29.3 Å². The lowest BCUT2D eigenvalue weighted by molar-refractivity contribution is -0.136. The Labute approximate surface area is 151 Å². The van der Waals surface area contributed by atoms with Crippen LogP contribution in [0, 0.1) is 0 Å². The molecule has 10 heteroatoms. The van der Waals surface area contributed by atoms with E-state index in [9.17, 15) is 32.3 Å². The first kappa shape index (κ1) is 18.9. The van der Waals surface area contributed by atoms with Crippen LogP contribution in [0.3, 0.4) is 0 Å². The Morgan fingerprint density at radius 1 is 1.15 bits per heavy atom. The highest BCUT2D eigenvalue weighted by Crippen LogP contribution is 2.32. The lowest BCUT2D eigenvalue weighted by atomic mass is 10.0. The van der Waals surface area contributed by atoms with Gasteiger partial charge in [0.25, 0.3) is 11.8 Å². The number of anilines is 1. The van der Waals surface area contributed by atoms with E-state index in [1.807, 2.05) is 0 Å². The van der Waals surface area contributed by atoms with Crippen molar-refractivity contribution >= 4 is 29.3 Å². The number of halogens is 3. The van der Waals surface area contributed by atoms with Gasteiger partial charge in [-0.2, -0.15) is 13.2 Å². The molecule has 2 N–H and O–H groups in total.